The molecule has 1 aromatic rings. The van der Waals surface area contributed by atoms with Crippen molar-refractivity contribution >= 4 is 0 Å². The monoisotopic (exact) mass is 278 g/mol. The van der Waals surface area contributed by atoms with E-state index in [1.165, 1.54) is 58.0 Å². The third-order valence-corrected chi connectivity index (χ3v) is 5.20. The van der Waals surface area contributed by atoms with Gasteiger partial charge in [0.05, 0.1) is 17.9 Å². The highest BCUT2D eigenvalue weighted by Gasteiger charge is 2.47. The van der Waals surface area contributed by atoms with Gasteiger partial charge >= 0.3 is 0 Å². The van der Waals surface area contributed by atoms with E-state index in [0.717, 1.165) is 5.69 Å². The molecule has 1 saturated carbocycles. The molecule has 1 atom stereocenters. The fourth-order valence-corrected chi connectivity index (χ4v) is 4.19. The number of likely N-dealkylation sites (tertiary alicyclic amines) is 1. The lowest BCUT2D eigenvalue weighted by Gasteiger charge is -2.48. The number of nitrogens with two attached hydrogens (primary N) is 1. The van der Waals surface area contributed by atoms with Gasteiger partial charge in [0.25, 0.3) is 0 Å². The number of aryl methyl sites for hydroxylation is 1. The van der Waals surface area contributed by atoms with E-state index in [1.807, 2.05) is 17.9 Å². The van der Waals surface area contributed by atoms with E-state index in [1.54, 1.807) is 0 Å². The number of nitrogens with one attached hydrogen (secondary N) is 1. The summed E-state index contributed by atoms with van der Waals surface area (Å²) in [5.41, 5.74) is 4.32. The molecule has 112 valence electrons. The Morgan fingerprint density at radius 3 is 2.45 bits per heavy atom. The van der Waals surface area contributed by atoms with E-state index in [-0.39, 0.29) is 11.6 Å². The van der Waals surface area contributed by atoms with Gasteiger partial charge in [0, 0.05) is 12.6 Å². The van der Waals surface area contributed by atoms with Crippen LogP contribution in [0.1, 0.15) is 56.7 Å². The summed E-state index contributed by atoms with van der Waals surface area (Å²) in [5, 5.41) is 8.12. The number of hydrogen-bond acceptors (Lipinski definition) is 5. The molecule has 6 heteroatoms. The van der Waals surface area contributed by atoms with Crippen LogP contribution in [0.2, 0.25) is 0 Å². The Hall–Kier alpha value is -0.980. The standard InChI is InChI=1S/C14H26N6/c1-19-12(11-16-18-19)13(17-15)14(7-3-4-8-14)20-9-5-2-6-10-20/h11,13,17H,2-10,15H2,1H3. The normalized spacial score (nSPS) is 24.9. The topological polar surface area (TPSA) is 72.0 Å². The highest BCUT2D eigenvalue weighted by molar-refractivity contribution is 5.15. The summed E-state index contributed by atoms with van der Waals surface area (Å²) in [5.74, 6) is 5.96. The molecular weight excluding hydrogens is 252 g/mol. The van der Waals surface area contributed by atoms with Crippen molar-refractivity contribution in [1.82, 2.24) is 25.3 Å². The van der Waals surface area contributed by atoms with Gasteiger partial charge in [-0.1, -0.05) is 24.5 Å². The summed E-state index contributed by atoms with van der Waals surface area (Å²) in [6.45, 7) is 2.40. The fraction of sp³-hybridized carbons (Fsp3) is 0.857. The number of nitrogens with zero attached hydrogens (tertiary/aromatic N) is 4. The average molecular weight is 278 g/mol. The van der Waals surface area contributed by atoms with Gasteiger partial charge < -0.3 is 0 Å². The largest absolute Gasteiger partial charge is 0.296 e. The second-order valence-corrected chi connectivity index (χ2v) is 6.24. The van der Waals surface area contributed by atoms with Crippen LogP contribution in [0.25, 0.3) is 0 Å². The van der Waals surface area contributed by atoms with E-state index in [0.29, 0.717) is 0 Å². The fourth-order valence-electron chi connectivity index (χ4n) is 4.19. The molecule has 1 aromatic heterocycles. The Balaban J connectivity index is 1.93. The summed E-state index contributed by atoms with van der Waals surface area (Å²) in [6, 6.07) is 0.114. The van der Waals surface area contributed by atoms with Crippen LogP contribution in [0.15, 0.2) is 6.20 Å². The Kier molecular flexibility index (Phi) is 4.05. The van der Waals surface area contributed by atoms with E-state index in [4.69, 9.17) is 5.84 Å². The zero-order chi connectivity index (χ0) is 14.0. The van der Waals surface area contributed by atoms with Crippen molar-refractivity contribution in [2.45, 2.75) is 56.5 Å². The predicted molar refractivity (Wildman–Crippen MR) is 77.7 cm³/mol. The Bertz CT molecular complexity index is 431. The van der Waals surface area contributed by atoms with Gasteiger partial charge in [-0.2, -0.15) is 0 Å². The van der Waals surface area contributed by atoms with Gasteiger partial charge in [0.2, 0.25) is 0 Å². The number of hydrogen-bond donors (Lipinski definition) is 2. The van der Waals surface area contributed by atoms with Gasteiger partial charge in [0.15, 0.2) is 0 Å². The smallest absolute Gasteiger partial charge is 0.0828 e. The molecule has 1 aliphatic carbocycles. The van der Waals surface area contributed by atoms with Crippen LogP contribution in [0.5, 0.6) is 0 Å². The first kappa shape index (κ1) is 14.0. The van der Waals surface area contributed by atoms with Gasteiger partial charge in [-0.3, -0.25) is 15.4 Å². The molecule has 3 N–H and O–H groups in total. The molecule has 1 saturated heterocycles. The summed E-state index contributed by atoms with van der Waals surface area (Å²) in [4.78, 5) is 2.68. The maximum absolute atomic E-state index is 5.96. The van der Waals surface area contributed by atoms with Gasteiger partial charge in [-0.05, 0) is 38.8 Å². The maximum Gasteiger partial charge on any atom is 0.0828 e. The molecule has 0 amide bonds. The molecule has 0 bridgehead atoms. The Morgan fingerprint density at radius 1 is 1.20 bits per heavy atom. The lowest BCUT2D eigenvalue weighted by Crippen LogP contribution is -2.58. The molecule has 1 unspecified atom stereocenters. The van der Waals surface area contributed by atoms with Gasteiger partial charge in [-0.25, -0.2) is 5.43 Å². The van der Waals surface area contributed by atoms with Crippen LogP contribution in [-0.4, -0.2) is 38.5 Å². The van der Waals surface area contributed by atoms with Crippen molar-refractivity contribution in [3.63, 3.8) is 0 Å². The minimum Gasteiger partial charge on any atom is -0.296 e. The summed E-state index contributed by atoms with van der Waals surface area (Å²) in [7, 11) is 1.95. The summed E-state index contributed by atoms with van der Waals surface area (Å²) in [6.07, 6.45) is 10.8. The minimum atomic E-state index is 0.114. The first-order valence-electron chi connectivity index (χ1n) is 7.84. The number of piperidine rings is 1. The molecule has 2 heterocycles. The zero-order valence-electron chi connectivity index (χ0n) is 12.4. The molecular formula is C14H26N6. The summed E-state index contributed by atoms with van der Waals surface area (Å²) >= 11 is 0. The van der Waals surface area contributed by atoms with E-state index in [9.17, 15) is 0 Å². The molecule has 0 aromatic carbocycles. The molecule has 2 aliphatic rings. The molecule has 1 aliphatic heterocycles. The van der Waals surface area contributed by atoms with E-state index >= 15 is 0 Å². The first-order valence-corrected chi connectivity index (χ1v) is 7.84. The molecule has 20 heavy (non-hydrogen) atoms. The highest BCUT2D eigenvalue weighted by Crippen LogP contribution is 2.45. The van der Waals surface area contributed by atoms with Crippen molar-refractivity contribution in [3.8, 4) is 0 Å². The lowest BCUT2D eigenvalue weighted by atomic mass is 9.83. The maximum atomic E-state index is 5.96. The zero-order valence-corrected chi connectivity index (χ0v) is 12.4. The average Bonchev–Trinajstić information content (AvgIpc) is 3.12. The van der Waals surface area contributed by atoms with E-state index < -0.39 is 0 Å². The van der Waals surface area contributed by atoms with Crippen molar-refractivity contribution in [2.75, 3.05) is 13.1 Å². The summed E-state index contributed by atoms with van der Waals surface area (Å²) < 4.78 is 1.86. The quantitative estimate of drug-likeness (QED) is 0.638. The third kappa shape index (κ3) is 2.25. The Morgan fingerprint density at radius 2 is 1.90 bits per heavy atom. The van der Waals surface area contributed by atoms with Crippen LogP contribution in [0.4, 0.5) is 0 Å². The predicted octanol–water partition coefficient (Wildman–Crippen LogP) is 1.12. The Labute approximate surface area is 120 Å². The first-order chi connectivity index (χ1) is 9.78. The van der Waals surface area contributed by atoms with Crippen LogP contribution < -0.4 is 11.3 Å². The van der Waals surface area contributed by atoms with Crippen molar-refractivity contribution in [3.05, 3.63) is 11.9 Å². The van der Waals surface area contributed by atoms with Crippen LogP contribution in [0.3, 0.4) is 0 Å². The van der Waals surface area contributed by atoms with Crippen LogP contribution in [0, 0.1) is 0 Å². The van der Waals surface area contributed by atoms with Crippen LogP contribution >= 0.6 is 0 Å². The minimum absolute atomic E-state index is 0.114. The molecule has 0 spiro atoms. The van der Waals surface area contributed by atoms with Gasteiger partial charge in [-0.15, -0.1) is 5.10 Å². The van der Waals surface area contributed by atoms with Crippen molar-refractivity contribution in [1.29, 1.82) is 0 Å². The van der Waals surface area contributed by atoms with Crippen molar-refractivity contribution in [2.24, 2.45) is 12.9 Å². The number of aromatic nitrogens is 3. The molecule has 6 nitrogen and oxygen atoms in total. The van der Waals surface area contributed by atoms with Gasteiger partial charge in [0.1, 0.15) is 0 Å². The second-order valence-electron chi connectivity index (χ2n) is 6.24. The molecule has 3 rings (SSSR count). The van der Waals surface area contributed by atoms with Crippen LogP contribution in [-0.2, 0) is 7.05 Å². The highest BCUT2D eigenvalue weighted by atomic mass is 15.4. The SMILES string of the molecule is Cn1nncc1C(NN)C1(N2CCCCC2)CCCC1. The molecule has 0 radical (unpaired) electrons. The van der Waals surface area contributed by atoms with Crippen molar-refractivity contribution < 1.29 is 0 Å². The lowest BCUT2D eigenvalue weighted by molar-refractivity contribution is 0.0336. The van der Waals surface area contributed by atoms with E-state index in [2.05, 4.69) is 20.6 Å². The number of rotatable bonds is 4. The molecule has 2 fully saturated rings. The number of hydrazine groups is 1. The second kappa shape index (κ2) is 5.79. The third-order valence-electron chi connectivity index (χ3n) is 5.20.